The van der Waals surface area contributed by atoms with Crippen molar-refractivity contribution in [1.29, 1.82) is 0 Å². The van der Waals surface area contributed by atoms with Crippen molar-refractivity contribution in [2.24, 2.45) is 5.92 Å². The zero-order valence-corrected chi connectivity index (χ0v) is 10.8. The fourth-order valence-electron chi connectivity index (χ4n) is 1.96. The molecule has 1 amide bonds. The number of anilines is 1. The lowest BCUT2D eigenvalue weighted by Gasteiger charge is -2.29. The van der Waals surface area contributed by atoms with Crippen LogP contribution in [0.3, 0.4) is 0 Å². The van der Waals surface area contributed by atoms with Crippen LogP contribution >= 0.6 is 0 Å². The van der Waals surface area contributed by atoms with Gasteiger partial charge in [-0.2, -0.15) is 0 Å². The molecule has 1 aromatic rings. The summed E-state index contributed by atoms with van der Waals surface area (Å²) in [5, 5.41) is 6.18. The second-order valence-electron chi connectivity index (χ2n) is 4.33. The molecule has 0 unspecified atom stereocenters. The van der Waals surface area contributed by atoms with Crippen LogP contribution in [-0.2, 0) is 14.8 Å². The lowest BCUT2D eigenvalue weighted by Crippen LogP contribution is -2.43. The first-order valence-corrected chi connectivity index (χ1v) is 7.48. The number of carbonyl (C=O) groups is 1. The van der Waals surface area contributed by atoms with Crippen LogP contribution in [0.4, 0.5) is 5.82 Å². The van der Waals surface area contributed by atoms with E-state index in [2.05, 4.69) is 15.0 Å². The first-order chi connectivity index (χ1) is 8.47. The molecule has 0 aliphatic carbocycles. The van der Waals surface area contributed by atoms with E-state index in [1.165, 1.54) is 16.6 Å². The molecule has 2 heterocycles. The minimum atomic E-state index is -3.24. The summed E-state index contributed by atoms with van der Waals surface area (Å²) in [5.41, 5.74) is 0. The van der Waals surface area contributed by atoms with Crippen LogP contribution in [0.5, 0.6) is 0 Å². The fraction of sp³-hybridized carbons (Fsp3) is 0.600. The second kappa shape index (κ2) is 5.07. The maximum absolute atomic E-state index is 11.9. The van der Waals surface area contributed by atoms with E-state index in [1.807, 2.05) is 0 Å². The van der Waals surface area contributed by atoms with E-state index in [4.69, 9.17) is 0 Å². The van der Waals surface area contributed by atoms with E-state index in [0.717, 1.165) is 6.26 Å². The van der Waals surface area contributed by atoms with E-state index in [-0.39, 0.29) is 18.4 Å². The Morgan fingerprint density at radius 1 is 1.61 bits per heavy atom. The van der Waals surface area contributed by atoms with E-state index in [1.54, 1.807) is 0 Å². The number of carbonyl (C=O) groups excluding carboxylic acids is 1. The molecule has 0 spiro atoms. The van der Waals surface area contributed by atoms with Gasteiger partial charge >= 0.3 is 0 Å². The van der Waals surface area contributed by atoms with Gasteiger partial charge in [0.25, 0.3) is 0 Å². The standard InChI is InChI=1S/C10H15N3O4S/c1-18(15,16)13-5-2-3-8(7-13)10(14)11-9-4-6-17-12-9/h4,6,8H,2-3,5,7H2,1H3,(H,11,12,14)/t8-/m0/s1. The summed E-state index contributed by atoms with van der Waals surface area (Å²) in [6.45, 7) is 0.703. The molecule has 0 radical (unpaired) electrons. The van der Waals surface area contributed by atoms with Crippen LogP contribution < -0.4 is 5.32 Å². The number of nitrogens with one attached hydrogen (secondary N) is 1. The van der Waals surface area contributed by atoms with Crippen molar-refractivity contribution in [3.05, 3.63) is 12.3 Å². The van der Waals surface area contributed by atoms with Gasteiger partial charge < -0.3 is 9.84 Å². The topological polar surface area (TPSA) is 92.5 Å². The quantitative estimate of drug-likeness (QED) is 0.854. The van der Waals surface area contributed by atoms with Crippen molar-refractivity contribution < 1.29 is 17.7 Å². The first kappa shape index (κ1) is 13.0. The minimum absolute atomic E-state index is 0.225. The molecule has 1 aromatic heterocycles. The Labute approximate surface area is 105 Å². The van der Waals surface area contributed by atoms with Gasteiger partial charge in [-0.15, -0.1) is 0 Å². The van der Waals surface area contributed by atoms with Crippen LogP contribution in [0.15, 0.2) is 16.9 Å². The summed E-state index contributed by atoms with van der Waals surface area (Å²) >= 11 is 0. The van der Waals surface area contributed by atoms with Crippen LogP contribution in [-0.4, -0.2) is 43.1 Å². The lowest BCUT2D eigenvalue weighted by atomic mass is 9.99. The number of hydrogen-bond acceptors (Lipinski definition) is 5. The Balaban J connectivity index is 1.98. The molecule has 18 heavy (non-hydrogen) atoms. The normalized spacial score (nSPS) is 21.7. The molecule has 7 nitrogen and oxygen atoms in total. The van der Waals surface area contributed by atoms with E-state index >= 15 is 0 Å². The van der Waals surface area contributed by atoms with Crippen molar-refractivity contribution in [3.63, 3.8) is 0 Å². The average Bonchev–Trinajstić information content (AvgIpc) is 2.81. The Bertz CT molecular complexity index is 511. The largest absolute Gasteiger partial charge is 0.363 e. The van der Waals surface area contributed by atoms with Gasteiger partial charge in [-0.3, -0.25) is 4.79 Å². The molecule has 1 fully saturated rings. The van der Waals surface area contributed by atoms with Crippen molar-refractivity contribution in [3.8, 4) is 0 Å². The average molecular weight is 273 g/mol. The highest BCUT2D eigenvalue weighted by Gasteiger charge is 2.30. The van der Waals surface area contributed by atoms with E-state index < -0.39 is 10.0 Å². The number of hydrogen-bond donors (Lipinski definition) is 1. The molecule has 1 saturated heterocycles. The summed E-state index contributed by atoms with van der Waals surface area (Å²) in [4.78, 5) is 11.9. The fourth-order valence-corrected chi connectivity index (χ4v) is 2.87. The molecule has 0 saturated carbocycles. The summed E-state index contributed by atoms with van der Waals surface area (Å²) in [6, 6.07) is 1.54. The molecular formula is C10H15N3O4S. The Kier molecular flexibility index (Phi) is 3.67. The van der Waals surface area contributed by atoms with E-state index in [9.17, 15) is 13.2 Å². The third-order valence-electron chi connectivity index (χ3n) is 2.91. The Hall–Kier alpha value is -1.41. The molecular weight excluding hydrogens is 258 g/mol. The Morgan fingerprint density at radius 3 is 3.00 bits per heavy atom. The van der Waals surface area contributed by atoms with Crippen LogP contribution in [0.2, 0.25) is 0 Å². The van der Waals surface area contributed by atoms with Crippen molar-refractivity contribution in [2.75, 3.05) is 24.7 Å². The van der Waals surface area contributed by atoms with Gasteiger partial charge in [0.1, 0.15) is 6.26 Å². The monoisotopic (exact) mass is 273 g/mol. The van der Waals surface area contributed by atoms with Gasteiger partial charge in [-0.25, -0.2) is 12.7 Å². The number of aromatic nitrogens is 1. The highest BCUT2D eigenvalue weighted by molar-refractivity contribution is 7.88. The third-order valence-corrected chi connectivity index (χ3v) is 4.18. The molecule has 1 aliphatic heterocycles. The molecule has 0 bridgehead atoms. The second-order valence-corrected chi connectivity index (χ2v) is 6.32. The third kappa shape index (κ3) is 3.08. The molecule has 100 valence electrons. The molecule has 0 aromatic carbocycles. The zero-order chi connectivity index (χ0) is 13.2. The first-order valence-electron chi connectivity index (χ1n) is 5.63. The highest BCUT2D eigenvalue weighted by atomic mass is 32.2. The zero-order valence-electron chi connectivity index (χ0n) is 10.00. The Morgan fingerprint density at radius 2 is 2.39 bits per heavy atom. The van der Waals surface area contributed by atoms with Gasteiger partial charge in [0.05, 0.1) is 12.2 Å². The van der Waals surface area contributed by atoms with Crippen molar-refractivity contribution in [2.45, 2.75) is 12.8 Å². The molecule has 2 rings (SSSR count). The predicted molar refractivity (Wildman–Crippen MR) is 64.3 cm³/mol. The van der Waals surface area contributed by atoms with Crippen LogP contribution in [0.1, 0.15) is 12.8 Å². The number of piperidine rings is 1. The number of rotatable bonds is 3. The van der Waals surface area contributed by atoms with E-state index in [0.29, 0.717) is 25.2 Å². The van der Waals surface area contributed by atoms with Gasteiger partial charge in [0, 0.05) is 19.2 Å². The summed E-state index contributed by atoms with van der Waals surface area (Å²) in [6.07, 6.45) is 3.88. The predicted octanol–water partition coefficient (Wildman–Crippen LogP) is 0.285. The lowest BCUT2D eigenvalue weighted by molar-refractivity contribution is -0.120. The molecule has 8 heteroatoms. The maximum Gasteiger partial charge on any atom is 0.230 e. The van der Waals surface area contributed by atoms with Gasteiger partial charge in [-0.05, 0) is 12.8 Å². The van der Waals surface area contributed by atoms with Crippen molar-refractivity contribution in [1.82, 2.24) is 9.46 Å². The van der Waals surface area contributed by atoms with Crippen LogP contribution in [0, 0.1) is 5.92 Å². The minimum Gasteiger partial charge on any atom is -0.363 e. The van der Waals surface area contributed by atoms with Gasteiger partial charge in [0.15, 0.2) is 5.82 Å². The van der Waals surface area contributed by atoms with Gasteiger partial charge in [0.2, 0.25) is 15.9 Å². The number of amides is 1. The smallest absolute Gasteiger partial charge is 0.230 e. The highest BCUT2D eigenvalue weighted by Crippen LogP contribution is 2.20. The van der Waals surface area contributed by atoms with Gasteiger partial charge in [-0.1, -0.05) is 5.16 Å². The maximum atomic E-state index is 11.9. The summed E-state index contributed by atoms with van der Waals surface area (Å²) in [5.74, 6) is -0.223. The van der Waals surface area contributed by atoms with Crippen molar-refractivity contribution >= 4 is 21.7 Å². The number of nitrogens with zero attached hydrogens (tertiary/aromatic N) is 2. The SMILES string of the molecule is CS(=O)(=O)N1CCC[C@H](C(=O)Nc2ccon2)C1. The molecule has 1 atom stereocenters. The molecule has 1 N–H and O–H groups in total. The number of sulfonamides is 1. The summed E-state index contributed by atoms with van der Waals surface area (Å²) in [7, 11) is -3.24. The molecule has 1 aliphatic rings. The summed E-state index contributed by atoms with van der Waals surface area (Å²) < 4.78 is 28.8. The van der Waals surface area contributed by atoms with Crippen LogP contribution in [0.25, 0.3) is 0 Å².